The highest BCUT2D eigenvalue weighted by Gasteiger charge is 2.17. The number of morpholine rings is 1. The summed E-state index contributed by atoms with van der Waals surface area (Å²) >= 11 is 0. The highest BCUT2D eigenvalue weighted by atomic mass is 16.5. The Kier molecular flexibility index (Phi) is 5.30. The van der Waals surface area contributed by atoms with Gasteiger partial charge in [0.05, 0.1) is 19.4 Å². The van der Waals surface area contributed by atoms with Crippen molar-refractivity contribution in [2.45, 2.75) is 19.6 Å². The summed E-state index contributed by atoms with van der Waals surface area (Å²) in [5.74, 6) is 1.71. The number of aromatic nitrogens is 2. The van der Waals surface area contributed by atoms with Gasteiger partial charge in [0.2, 0.25) is 0 Å². The molecule has 2 aromatic rings. The number of fused-ring (bicyclic) bond motifs is 1. The van der Waals surface area contributed by atoms with E-state index in [2.05, 4.69) is 49.6 Å². The van der Waals surface area contributed by atoms with E-state index < -0.39 is 0 Å². The van der Waals surface area contributed by atoms with Crippen molar-refractivity contribution < 1.29 is 4.74 Å². The molecule has 0 radical (unpaired) electrons. The first kappa shape index (κ1) is 16.6. The van der Waals surface area contributed by atoms with Gasteiger partial charge < -0.3 is 15.4 Å². The van der Waals surface area contributed by atoms with Gasteiger partial charge >= 0.3 is 0 Å². The van der Waals surface area contributed by atoms with Crippen LogP contribution in [0.4, 0.5) is 5.82 Å². The van der Waals surface area contributed by atoms with E-state index in [0.717, 1.165) is 64.8 Å². The lowest BCUT2D eigenvalue weighted by atomic mass is 10.1. The Morgan fingerprint density at radius 2 is 1.92 bits per heavy atom. The van der Waals surface area contributed by atoms with E-state index in [4.69, 9.17) is 4.74 Å². The molecule has 1 aromatic carbocycles. The second-order valence-corrected chi connectivity index (χ2v) is 6.98. The number of hydrogen-bond donors (Lipinski definition) is 2. The zero-order chi connectivity index (χ0) is 16.9. The van der Waals surface area contributed by atoms with Gasteiger partial charge in [-0.15, -0.1) is 0 Å². The number of benzene rings is 1. The van der Waals surface area contributed by atoms with Crippen LogP contribution in [0.15, 0.2) is 36.5 Å². The quantitative estimate of drug-likeness (QED) is 0.835. The third-order valence-electron chi connectivity index (χ3n) is 5.01. The standard InChI is InChI=1S/C19H27N5O/c1-3-17(14-23-7-9-25-10-8-23)4-2-16(1)11-20-12-18-13-21-19-5-6-22-24(19)15-18/h1-6,18,20-21H,7-15H2/t18-/m1/s1. The summed E-state index contributed by atoms with van der Waals surface area (Å²) in [6.07, 6.45) is 1.86. The molecule has 2 N–H and O–H groups in total. The molecule has 2 aliphatic heterocycles. The molecule has 1 saturated heterocycles. The van der Waals surface area contributed by atoms with E-state index >= 15 is 0 Å². The Hall–Kier alpha value is -1.89. The van der Waals surface area contributed by atoms with E-state index in [0.29, 0.717) is 5.92 Å². The lowest BCUT2D eigenvalue weighted by Gasteiger charge is -2.26. The van der Waals surface area contributed by atoms with Crippen molar-refractivity contribution in [2.24, 2.45) is 5.92 Å². The highest BCUT2D eigenvalue weighted by molar-refractivity contribution is 5.35. The van der Waals surface area contributed by atoms with E-state index in [1.807, 2.05) is 12.3 Å². The van der Waals surface area contributed by atoms with Crippen LogP contribution in [0.5, 0.6) is 0 Å². The van der Waals surface area contributed by atoms with Gasteiger partial charge in [0.1, 0.15) is 5.82 Å². The Morgan fingerprint density at radius 1 is 1.12 bits per heavy atom. The van der Waals surface area contributed by atoms with Gasteiger partial charge in [-0.2, -0.15) is 5.10 Å². The average Bonchev–Trinajstić information content (AvgIpc) is 3.12. The first-order valence-electron chi connectivity index (χ1n) is 9.21. The van der Waals surface area contributed by atoms with Crippen molar-refractivity contribution in [3.63, 3.8) is 0 Å². The maximum Gasteiger partial charge on any atom is 0.124 e. The summed E-state index contributed by atoms with van der Waals surface area (Å²) in [5.41, 5.74) is 2.72. The molecule has 1 atom stereocenters. The van der Waals surface area contributed by atoms with Crippen molar-refractivity contribution in [3.8, 4) is 0 Å². The molecule has 1 fully saturated rings. The topological polar surface area (TPSA) is 54.4 Å². The van der Waals surface area contributed by atoms with Crippen molar-refractivity contribution >= 4 is 5.82 Å². The summed E-state index contributed by atoms with van der Waals surface area (Å²) in [7, 11) is 0. The summed E-state index contributed by atoms with van der Waals surface area (Å²) < 4.78 is 7.46. The van der Waals surface area contributed by atoms with Gasteiger partial charge in [-0.05, 0) is 11.1 Å². The number of nitrogens with one attached hydrogen (secondary N) is 2. The van der Waals surface area contributed by atoms with Crippen LogP contribution in [0, 0.1) is 5.92 Å². The first-order chi connectivity index (χ1) is 12.4. The van der Waals surface area contributed by atoms with Gasteiger partial charge in [-0.1, -0.05) is 24.3 Å². The molecule has 2 aliphatic rings. The molecule has 3 heterocycles. The maximum atomic E-state index is 5.41. The van der Waals surface area contributed by atoms with Crippen LogP contribution in [0.1, 0.15) is 11.1 Å². The Balaban J connectivity index is 1.21. The van der Waals surface area contributed by atoms with Gasteiger partial charge in [-0.25, -0.2) is 4.68 Å². The smallest absolute Gasteiger partial charge is 0.124 e. The van der Waals surface area contributed by atoms with Gasteiger partial charge in [-0.3, -0.25) is 4.90 Å². The van der Waals surface area contributed by atoms with Crippen LogP contribution in [-0.2, 0) is 24.4 Å². The Labute approximate surface area is 149 Å². The van der Waals surface area contributed by atoms with Crippen LogP contribution < -0.4 is 10.6 Å². The lowest BCUT2D eigenvalue weighted by Crippen LogP contribution is -2.35. The third kappa shape index (κ3) is 4.39. The highest BCUT2D eigenvalue weighted by Crippen LogP contribution is 2.16. The van der Waals surface area contributed by atoms with E-state index in [1.165, 1.54) is 11.1 Å². The minimum Gasteiger partial charge on any atom is -0.379 e. The fourth-order valence-electron chi connectivity index (χ4n) is 3.52. The van der Waals surface area contributed by atoms with E-state index in [9.17, 15) is 0 Å². The second-order valence-electron chi connectivity index (χ2n) is 6.98. The summed E-state index contributed by atoms with van der Waals surface area (Å²) in [6.45, 7) is 8.74. The monoisotopic (exact) mass is 341 g/mol. The zero-order valence-corrected chi connectivity index (χ0v) is 14.7. The normalized spacial score (nSPS) is 20.9. The van der Waals surface area contributed by atoms with Crippen LogP contribution in [0.25, 0.3) is 0 Å². The molecule has 0 spiro atoms. The van der Waals surface area contributed by atoms with Crippen LogP contribution in [0.2, 0.25) is 0 Å². The molecule has 1 aromatic heterocycles. The van der Waals surface area contributed by atoms with E-state index in [-0.39, 0.29) is 0 Å². The predicted octanol–water partition coefficient (Wildman–Crippen LogP) is 1.55. The van der Waals surface area contributed by atoms with Crippen molar-refractivity contribution in [1.29, 1.82) is 0 Å². The molecule has 0 amide bonds. The van der Waals surface area contributed by atoms with E-state index in [1.54, 1.807) is 0 Å². The Bertz CT molecular complexity index is 663. The van der Waals surface area contributed by atoms with Gasteiger partial charge in [0.15, 0.2) is 0 Å². The summed E-state index contributed by atoms with van der Waals surface area (Å²) in [4.78, 5) is 2.45. The molecule has 134 valence electrons. The SMILES string of the molecule is c1cc2n(n1)C[C@H](CNCc1ccc(CN3CCOCC3)cc1)CN2. The van der Waals surface area contributed by atoms with Crippen LogP contribution in [-0.4, -0.2) is 54.1 Å². The molecule has 4 rings (SSSR count). The van der Waals surface area contributed by atoms with Crippen molar-refractivity contribution in [3.05, 3.63) is 47.7 Å². The predicted molar refractivity (Wildman–Crippen MR) is 98.5 cm³/mol. The minimum absolute atomic E-state index is 0.577. The molecule has 6 nitrogen and oxygen atoms in total. The summed E-state index contributed by atoms with van der Waals surface area (Å²) in [5, 5.41) is 11.4. The number of hydrogen-bond acceptors (Lipinski definition) is 5. The van der Waals surface area contributed by atoms with Crippen molar-refractivity contribution in [2.75, 3.05) is 44.7 Å². The lowest BCUT2D eigenvalue weighted by molar-refractivity contribution is 0.0342. The molecule has 0 bridgehead atoms. The molecular formula is C19H27N5O. The van der Waals surface area contributed by atoms with Gasteiger partial charge in [0, 0.05) is 57.8 Å². The molecule has 0 unspecified atom stereocenters. The fourth-order valence-corrected chi connectivity index (χ4v) is 3.52. The molecular weight excluding hydrogens is 314 g/mol. The molecule has 6 heteroatoms. The molecule has 25 heavy (non-hydrogen) atoms. The molecule has 0 saturated carbocycles. The molecule has 0 aliphatic carbocycles. The minimum atomic E-state index is 0.577. The zero-order valence-electron chi connectivity index (χ0n) is 14.7. The number of nitrogens with zero attached hydrogens (tertiary/aromatic N) is 3. The second kappa shape index (κ2) is 7.99. The number of rotatable bonds is 6. The number of ether oxygens (including phenoxy) is 1. The third-order valence-corrected chi connectivity index (χ3v) is 5.01. The average molecular weight is 341 g/mol. The van der Waals surface area contributed by atoms with Crippen molar-refractivity contribution in [1.82, 2.24) is 20.0 Å². The Morgan fingerprint density at radius 3 is 2.76 bits per heavy atom. The first-order valence-corrected chi connectivity index (χ1v) is 9.21. The fraction of sp³-hybridized carbons (Fsp3) is 0.526. The van der Waals surface area contributed by atoms with Crippen LogP contribution in [0.3, 0.4) is 0 Å². The van der Waals surface area contributed by atoms with Gasteiger partial charge in [0.25, 0.3) is 0 Å². The largest absolute Gasteiger partial charge is 0.379 e. The van der Waals surface area contributed by atoms with Crippen LogP contribution >= 0.6 is 0 Å². The maximum absolute atomic E-state index is 5.41. The number of anilines is 1. The summed E-state index contributed by atoms with van der Waals surface area (Å²) in [6, 6.07) is 11.0.